The van der Waals surface area contributed by atoms with Crippen molar-refractivity contribution in [2.45, 2.75) is 68.8 Å². The summed E-state index contributed by atoms with van der Waals surface area (Å²) in [6, 6.07) is 0. The highest BCUT2D eigenvalue weighted by atomic mass is 35.5. The summed E-state index contributed by atoms with van der Waals surface area (Å²) in [5, 5.41) is 16.2. The number of halogens is 1. The van der Waals surface area contributed by atoms with E-state index in [1.165, 1.54) is 5.57 Å². The van der Waals surface area contributed by atoms with E-state index in [9.17, 15) is 5.11 Å². The van der Waals surface area contributed by atoms with Gasteiger partial charge in [-0.15, -0.1) is 11.6 Å². The molecule has 0 amide bonds. The van der Waals surface area contributed by atoms with E-state index in [4.69, 9.17) is 41.1 Å². The molecule has 3 N–H and O–H groups in total. The van der Waals surface area contributed by atoms with Crippen molar-refractivity contribution in [3.63, 3.8) is 0 Å². The van der Waals surface area contributed by atoms with Crippen molar-refractivity contribution in [3.8, 4) is 0 Å². The molecule has 5 fully saturated rings. The number of nitrogens with two attached hydrogens (primary N) is 1. The molecule has 9 atom stereocenters. The molecule has 35 heavy (non-hydrogen) atoms. The third-order valence-electron chi connectivity index (χ3n) is 10.4. The molecule has 0 bridgehead atoms. The Bertz CT molecular complexity index is 975. The number of aliphatic hydroxyl groups excluding tert-OH is 1. The predicted octanol–water partition coefficient (Wildman–Crippen LogP) is 3.08. The molecule has 0 aromatic rings. The number of hydrogen-bond acceptors (Lipinski definition) is 8. The molecule has 2 saturated heterocycles. The summed E-state index contributed by atoms with van der Waals surface area (Å²) in [5.41, 5.74) is 5.89. The second-order valence-corrected chi connectivity index (χ2v) is 12.3. The van der Waals surface area contributed by atoms with Gasteiger partial charge in [0.1, 0.15) is 24.5 Å². The zero-order valence-corrected chi connectivity index (χ0v) is 21.6. The molecule has 2 aliphatic heterocycles. The SMILES string of the molecule is C[C@H]1C[C@H]2[C@@H]3CCC4=CC(=NOCCN)C=C[C@]4(C)[C@@]3(Cl)[C@@H](O)C[C@]2(C)[C@]12OCOC21COCO1. The maximum absolute atomic E-state index is 12.0. The van der Waals surface area contributed by atoms with Gasteiger partial charge in [0.15, 0.2) is 13.6 Å². The van der Waals surface area contributed by atoms with Crippen molar-refractivity contribution >= 4 is 17.3 Å². The molecular weight excluding hydrogens is 472 g/mol. The van der Waals surface area contributed by atoms with E-state index < -0.39 is 27.8 Å². The lowest BCUT2D eigenvalue weighted by molar-refractivity contribution is -0.264. The Balaban J connectivity index is 1.39. The molecule has 6 aliphatic rings. The van der Waals surface area contributed by atoms with Crippen molar-refractivity contribution < 1.29 is 28.9 Å². The van der Waals surface area contributed by atoms with E-state index in [1.807, 2.05) is 6.08 Å². The average molecular weight is 509 g/mol. The van der Waals surface area contributed by atoms with Crippen molar-refractivity contribution in [1.82, 2.24) is 0 Å². The molecule has 4 aliphatic carbocycles. The Morgan fingerprint density at radius 3 is 2.77 bits per heavy atom. The number of alkyl halides is 1. The van der Waals surface area contributed by atoms with Gasteiger partial charge in [0.2, 0.25) is 5.79 Å². The molecule has 0 aromatic carbocycles. The van der Waals surface area contributed by atoms with Crippen LogP contribution in [0, 0.1) is 28.6 Å². The van der Waals surface area contributed by atoms with Gasteiger partial charge in [0.25, 0.3) is 0 Å². The first-order chi connectivity index (χ1) is 16.7. The molecule has 0 radical (unpaired) electrons. The van der Waals surface area contributed by atoms with Crippen LogP contribution in [-0.4, -0.2) is 66.5 Å². The first-order valence-electron chi connectivity index (χ1n) is 12.9. The monoisotopic (exact) mass is 508 g/mol. The largest absolute Gasteiger partial charge is 0.394 e. The molecule has 2 heterocycles. The molecule has 0 aromatic heterocycles. The second kappa shape index (κ2) is 8.00. The van der Waals surface area contributed by atoms with Crippen LogP contribution in [0.5, 0.6) is 0 Å². The number of allylic oxidation sites excluding steroid dienone is 4. The van der Waals surface area contributed by atoms with Gasteiger partial charge in [-0.2, -0.15) is 0 Å². The first kappa shape index (κ1) is 24.3. The van der Waals surface area contributed by atoms with Gasteiger partial charge in [0, 0.05) is 17.4 Å². The molecule has 8 nitrogen and oxygen atoms in total. The van der Waals surface area contributed by atoms with Crippen LogP contribution in [-0.2, 0) is 23.8 Å². The lowest BCUT2D eigenvalue weighted by Gasteiger charge is -2.64. The Hall–Kier alpha value is -1.00. The number of hydrogen-bond donors (Lipinski definition) is 2. The number of aliphatic hydroxyl groups is 1. The number of ether oxygens (including phenoxy) is 4. The van der Waals surface area contributed by atoms with Gasteiger partial charge in [-0.3, -0.25) is 0 Å². The molecule has 1 unspecified atom stereocenters. The van der Waals surface area contributed by atoms with Crippen molar-refractivity contribution in [3.05, 3.63) is 23.8 Å². The summed E-state index contributed by atoms with van der Waals surface area (Å²) >= 11 is 7.68. The van der Waals surface area contributed by atoms with E-state index in [0.29, 0.717) is 26.2 Å². The number of rotatable bonds is 3. The van der Waals surface area contributed by atoms with Crippen molar-refractivity contribution in [2.24, 2.45) is 39.5 Å². The Labute approximate surface area is 211 Å². The molecular formula is C26H37ClN2O6. The topological polar surface area (TPSA) is 105 Å². The number of nitrogens with zero attached hydrogens (tertiary/aromatic N) is 1. The second-order valence-electron chi connectivity index (χ2n) is 11.6. The first-order valence-corrected chi connectivity index (χ1v) is 13.2. The number of fused-ring (bicyclic) bond motifs is 7. The van der Waals surface area contributed by atoms with Crippen LogP contribution >= 0.6 is 11.6 Å². The third kappa shape index (κ3) is 2.82. The van der Waals surface area contributed by atoms with E-state index in [-0.39, 0.29) is 36.8 Å². The van der Waals surface area contributed by atoms with Crippen molar-refractivity contribution in [1.29, 1.82) is 0 Å². The predicted molar refractivity (Wildman–Crippen MR) is 129 cm³/mol. The van der Waals surface area contributed by atoms with E-state index in [0.717, 1.165) is 25.0 Å². The summed E-state index contributed by atoms with van der Waals surface area (Å²) < 4.78 is 24.5. The van der Waals surface area contributed by atoms with E-state index in [1.54, 1.807) is 0 Å². The maximum Gasteiger partial charge on any atom is 0.227 e. The van der Waals surface area contributed by atoms with Gasteiger partial charge >= 0.3 is 0 Å². The van der Waals surface area contributed by atoms with E-state index >= 15 is 0 Å². The van der Waals surface area contributed by atoms with Gasteiger partial charge in [-0.25, -0.2) is 0 Å². The van der Waals surface area contributed by atoms with Crippen LogP contribution in [0.15, 0.2) is 29.0 Å². The quantitative estimate of drug-likeness (QED) is 0.343. The van der Waals surface area contributed by atoms with Crippen molar-refractivity contribution in [2.75, 3.05) is 33.3 Å². The summed E-state index contributed by atoms with van der Waals surface area (Å²) in [4.78, 5) is 4.47. The molecule has 2 spiro atoms. The zero-order valence-electron chi connectivity index (χ0n) is 20.8. The standard InChI is InChI=1S/C26H37ClN2O6/c1-16-10-20-19-5-4-17-11-18(29-35-9-8-28)6-7-22(17,2)25(19,27)21(30)12-23(20,3)26(16)24(33-15-34-26)13-31-14-32-24/h6-7,11,16,19-21,30H,4-5,8-10,12-15,28H2,1-3H3/t16-,19-,20-,21-,22-,23-,24?,25-,26+/m0/s1. The fourth-order valence-electron chi connectivity index (χ4n) is 8.98. The molecule has 3 saturated carbocycles. The normalized spacial score (nSPS) is 53.7. The molecule has 9 heteroatoms. The summed E-state index contributed by atoms with van der Waals surface area (Å²) in [6.45, 7) is 8.14. The van der Waals surface area contributed by atoms with Crippen LogP contribution in [0.4, 0.5) is 0 Å². The lowest BCUT2D eigenvalue weighted by Crippen LogP contribution is -2.71. The van der Waals surface area contributed by atoms with Gasteiger partial charge < -0.3 is 34.6 Å². The highest BCUT2D eigenvalue weighted by molar-refractivity contribution is 6.26. The van der Waals surface area contributed by atoms with E-state index in [2.05, 4.69) is 38.1 Å². The average Bonchev–Trinajstić information content (AvgIpc) is 3.51. The Morgan fingerprint density at radius 1 is 1.23 bits per heavy atom. The minimum atomic E-state index is -0.939. The molecule has 194 valence electrons. The molecule has 6 rings (SSSR count). The van der Waals surface area contributed by atoms with Crippen LogP contribution < -0.4 is 5.73 Å². The maximum atomic E-state index is 12.0. The minimum Gasteiger partial charge on any atom is -0.394 e. The lowest BCUT2D eigenvalue weighted by atomic mass is 9.45. The fourth-order valence-corrected chi connectivity index (χ4v) is 9.50. The Kier molecular flexibility index (Phi) is 5.56. The highest BCUT2D eigenvalue weighted by Crippen LogP contribution is 2.74. The number of oxime groups is 1. The van der Waals surface area contributed by atoms with Crippen LogP contribution in [0.1, 0.15) is 46.5 Å². The van der Waals surface area contributed by atoms with Crippen LogP contribution in [0.3, 0.4) is 0 Å². The van der Waals surface area contributed by atoms with Crippen LogP contribution in [0.25, 0.3) is 0 Å². The Morgan fingerprint density at radius 2 is 2.03 bits per heavy atom. The summed E-state index contributed by atoms with van der Waals surface area (Å²) in [7, 11) is 0. The van der Waals surface area contributed by atoms with Crippen LogP contribution in [0.2, 0.25) is 0 Å². The highest BCUT2D eigenvalue weighted by Gasteiger charge is 2.81. The summed E-state index contributed by atoms with van der Waals surface area (Å²) in [6.07, 6.45) is 8.63. The fraction of sp³-hybridized carbons (Fsp3) is 0.808. The van der Waals surface area contributed by atoms with Gasteiger partial charge in [-0.05, 0) is 55.6 Å². The third-order valence-corrected chi connectivity index (χ3v) is 11.3. The van der Waals surface area contributed by atoms with Gasteiger partial charge in [0.05, 0.1) is 11.0 Å². The zero-order chi connectivity index (χ0) is 24.7. The smallest absolute Gasteiger partial charge is 0.227 e. The van der Waals surface area contributed by atoms with Gasteiger partial charge in [-0.1, -0.05) is 37.6 Å². The summed E-state index contributed by atoms with van der Waals surface area (Å²) in [5.74, 6) is -0.429. The minimum absolute atomic E-state index is 0.0992.